The van der Waals surface area contributed by atoms with Crippen LogP contribution in [0.4, 0.5) is 0 Å². The van der Waals surface area contributed by atoms with Crippen molar-refractivity contribution in [3.8, 4) is 0 Å². The number of carbonyl (C=O) groups is 3. The molecule has 11 nitrogen and oxygen atoms in total. The van der Waals surface area contributed by atoms with Crippen LogP contribution in [0.1, 0.15) is 70.5 Å². The van der Waals surface area contributed by atoms with Crippen molar-refractivity contribution in [2.45, 2.75) is 89.2 Å². The zero-order chi connectivity index (χ0) is 25.5. The van der Waals surface area contributed by atoms with Crippen molar-refractivity contribution >= 4 is 17.7 Å². The maximum Gasteiger partial charge on any atom is 0.251 e. The highest BCUT2D eigenvalue weighted by molar-refractivity contribution is 5.90. The fourth-order valence-corrected chi connectivity index (χ4v) is 4.98. The van der Waals surface area contributed by atoms with Crippen LogP contribution < -0.4 is 5.32 Å². The molecule has 4 rings (SSSR count). The Morgan fingerprint density at radius 1 is 1.23 bits per heavy atom. The van der Waals surface area contributed by atoms with Crippen LogP contribution in [-0.4, -0.2) is 99.2 Å². The monoisotopic (exact) mass is 490 g/mol. The first kappa shape index (κ1) is 25.6. The van der Waals surface area contributed by atoms with Crippen LogP contribution in [0.2, 0.25) is 0 Å². The van der Waals surface area contributed by atoms with Gasteiger partial charge < -0.3 is 25.0 Å². The topological polar surface area (TPSA) is 130 Å². The van der Waals surface area contributed by atoms with Gasteiger partial charge in [0, 0.05) is 45.7 Å². The second-order valence-corrected chi connectivity index (χ2v) is 11.4. The first-order valence-corrected chi connectivity index (χ1v) is 12.5. The molecule has 3 fully saturated rings. The van der Waals surface area contributed by atoms with E-state index in [1.54, 1.807) is 18.8 Å². The molecule has 3 heterocycles. The first-order chi connectivity index (χ1) is 16.5. The van der Waals surface area contributed by atoms with Crippen LogP contribution >= 0.6 is 0 Å². The average molecular weight is 491 g/mol. The molecule has 194 valence electrons. The number of hydrogen-bond acceptors (Lipinski definition) is 7. The number of likely N-dealkylation sites (N-methyl/N-ethyl adjacent to an activating group) is 1. The van der Waals surface area contributed by atoms with Gasteiger partial charge in [-0.3, -0.25) is 14.4 Å². The van der Waals surface area contributed by atoms with E-state index in [0.717, 1.165) is 18.5 Å². The molecule has 35 heavy (non-hydrogen) atoms. The van der Waals surface area contributed by atoms with Gasteiger partial charge >= 0.3 is 0 Å². The maximum atomic E-state index is 13.8. The number of likely N-dealkylation sites (tertiary alicyclic amines) is 1. The van der Waals surface area contributed by atoms with E-state index in [1.165, 1.54) is 9.80 Å². The van der Waals surface area contributed by atoms with Gasteiger partial charge in [0.25, 0.3) is 5.91 Å². The van der Waals surface area contributed by atoms with Gasteiger partial charge in [-0.2, -0.15) is 0 Å². The highest BCUT2D eigenvalue weighted by atomic mass is 16.5. The summed E-state index contributed by atoms with van der Waals surface area (Å²) in [7, 11) is 3.38. The molecule has 2 N–H and O–H groups in total. The fraction of sp³-hybridized carbons (Fsp3) is 0.792. The van der Waals surface area contributed by atoms with Crippen molar-refractivity contribution in [3.63, 3.8) is 0 Å². The van der Waals surface area contributed by atoms with Gasteiger partial charge in [0.1, 0.15) is 18.2 Å². The number of aliphatic hydroxyl groups is 1. The molecule has 0 bridgehead atoms. The molecule has 11 heteroatoms. The Morgan fingerprint density at radius 3 is 2.57 bits per heavy atom. The van der Waals surface area contributed by atoms with Crippen LogP contribution in [0, 0.1) is 5.41 Å². The first-order valence-electron chi connectivity index (χ1n) is 12.5. The summed E-state index contributed by atoms with van der Waals surface area (Å²) in [6, 6.07) is -1.44. The second kappa shape index (κ2) is 9.85. The van der Waals surface area contributed by atoms with Crippen molar-refractivity contribution in [3.05, 3.63) is 11.9 Å². The Kier molecular flexibility index (Phi) is 7.19. The predicted molar refractivity (Wildman–Crippen MR) is 126 cm³/mol. The van der Waals surface area contributed by atoms with Gasteiger partial charge in [-0.1, -0.05) is 26.0 Å². The molecule has 3 aliphatic rings. The van der Waals surface area contributed by atoms with Crippen molar-refractivity contribution in [1.29, 1.82) is 0 Å². The van der Waals surface area contributed by atoms with E-state index >= 15 is 0 Å². The van der Waals surface area contributed by atoms with Crippen LogP contribution in [0.5, 0.6) is 0 Å². The minimum atomic E-state index is -0.783. The van der Waals surface area contributed by atoms with E-state index in [0.29, 0.717) is 18.8 Å². The highest BCUT2D eigenvalue weighted by Crippen LogP contribution is 2.40. The quantitative estimate of drug-likeness (QED) is 0.568. The molecule has 1 aromatic heterocycles. The number of rotatable bonds is 7. The number of aliphatic hydroxyl groups excluding tert-OH is 1. The summed E-state index contributed by atoms with van der Waals surface area (Å²) in [6.45, 7) is 6.21. The number of nitrogens with zero attached hydrogens (tertiary/aromatic N) is 5. The second-order valence-electron chi connectivity index (χ2n) is 11.4. The Hall–Kier alpha value is -2.53. The minimum absolute atomic E-state index is 0.0827. The molecule has 1 aromatic rings. The zero-order valence-electron chi connectivity index (χ0n) is 21.3. The van der Waals surface area contributed by atoms with Crippen molar-refractivity contribution in [2.75, 3.05) is 27.2 Å². The molecule has 2 unspecified atom stereocenters. The molecule has 1 aliphatic carbocycles. The van der Waals surface area contributed by atoms with Crippen LogP contribution in [0.3, 0.4) is 0 Å². The third kappa shape index (κ3) is 5.66. The van der Waals surface area contributed by atoms with Gasteiger partial charge in [-0.15, -0.1) is 5.10 Å². The number of nitrogens with one attached hydrogen (secondary N) is 1. The van der Waals surface area contributed by atoms with E-state index in [2.05, 4.69) is 15.6 Å². The molecular weight excluding hydrogens is 452 g/mol. The fourth-order valence-electron chi connectivity index (χ4n) is 4.98. The summed E-state index contributed by atoms with van der Waals surface area (Å²) in [5.41, 5.74) is 0.414. The third-order valence-electron chi connectivity index (χ3n) is 7.03. The molecule has 1 saturated carbocycles. The molecule has 2 aliphatic heterocycles. The number of amides is 3. The lowest BCUT2D eigenvalue weighted by Crippen LogP contribution is -2.51. The smallest absolute Gasteiger partial charge is 0.251 e. The molecule has 3 amide bonds. The lowest BCUT2D eigenvalue weighted by Gasteiger charge is -2.34. The van der Waals surface area contributed by atoms with Gasteiger partial charge in [-0.25, -0.2) is 4.68 Å². The summed E-state index contributed by atoms with van der Waals surface area (Å²) in [6.07, 6.45) is 3.93. The Labute approximate surface area is 206 Å². The number of ether oxygens (including phenoxy) is 1. The molecular formula is C24H38N6O5. The van der Waals surface area contributed by atoms with E-state index in [9.17, 15) is 19.5 Å². The molecule has 0 radical (unpaired) electrons. The van der Waals surface area contributed by atoms with Gasteiger partial charge in [0.2, 0.25) is 11.8 Å². The SMILES string of the molecule is CN(C)C(=O)C1CCC(CNC(=O)[C@@H]2C[C@@H](O)CN2C(=O)[C@@H](n2cc(C3CC3)nn2)C(C)(C)C)O1. The van der Waals surface area contributed by atoms with Crippen LogP contribution in [0.15, 0.2) is 6.20 Å². The number of hydrogen-bond donors (Lipinski definition) is 2. The summed E-state index contributed by atoms with van der Waals surface area (Å²) in [5.74, 6) is -0.251. The molecule has 0 aromatic carbocycles. The summed E-state index contributed by atoms with van der Waals surface area (Å²) < 4.78 is 7.42. The van der Waals surface area contributed by atoms with E-state index in [1.807, 2.05) is 27.0 Å². The normalized spacial score (nSPS) is 27.7. The summed E-state index contributed by atoms with van der Waals surface area (Å²) in [4.78, 5) is 42.0. The van der Waals surface area contributed by atoms with E-state index in [-0.39, 0.29) is 43.3 Å². The highest BCUT2D eigenvalue weighted by Gasteiger charge is 2.45. The predicted octanol–water partition coefficient (Wildman–Crippen LogP) is 0.457. The minimum Gasteiger partial charge on any atom is -0.391 e. The van der Waals surface area contributed by atoms with Gasteiger partial charge in [-0.05, 0) is 31.1 Å². The van der Waals surface area contributed by atoms with Crippen LogP contribution in [0.25, 0.3) is 0 Å². The standard InChI is InChI=1S/C24H38N6O5/c1-24(2,3)20(30-13-17(26-27-30)14-6-7-14)23(34)29-12-15(31)10-18(29)21(32)25-11-16-8-9-19(35-16)22(33)28(4)5/h13-16,18-20,31H,6-12H2,1-5H3,(H,25,32)/t15-,16?,18+,19?,20-/m1/s1. The van der Waals surface area contributed by atoms with E-state index in [4.69, 9.17) is 4.74 Å². The molecule has 5 atom stereocenters. The van der Waals surface area contributed by atoms with E-state index < -0.39 is 29.7 Å². The third-order valence-corrected chi connectivity index (χ3v) is 7.03. The summed E-state index contributed by atoms with van der Waals surface area (Å²) in [5, 5.41) is 21.8. The lowest BCUT2D eigenvalue weighted by atomic mass is 9.85. The number of β-amino-alcohol motifs (C(OH)–C–C–N with tert-alkyl or cyclic N) is 1. The van der Waals surface area contributed by atoms with Crippen molar-refractivity contribution in [2.24, 2.45) is 5.41 Å². The van der Waals surface area contributed by atoms with Crippen molar-refractivity contribution in [1.82, 2.24) is 30.1 Å². The lowest BCUT2D eigenvalue weighted by molar-refractivity contribution is -0.144. The number of aromatic nitrogens is 3. The largest absolute Gasteiger partial charge is 0.391 e. The summed E-state index contributed by atoms with van der Waals surface area (Å²) >= 11 is 0. The van der Waals surface area contributed by atoms with Crippen molar-refractivity contribution < 1.29 is 24.2 Å². The van der Waals surface area contributed by atoms with Gasteiger partial charge in [0.05, 0.1) is 17.9 Å². The Morgan fingerprint density at radius 2 is 1.94 bits per heavy atom. The zero-order valence-corrected chi connectivity index (χ0v) is 21.3. The average Bonchev–Trinajstić information content (AvgIpc) is 3.17. The Bertz CT molecular complexity index is 952. The molecule has 0 spiro atoms. The maximum absolute atomic E-state index is 13.8. The molecule has 2 saturated heterocycles. The van der Waals surface area contributed by atoms with Crippen LogP contribution in [-0.2, 0) is 19.1 Å². The number of carbonyl (C=O) groups excluding carboxylic acids is 3. The Balaban J connectivity index is 1.42. The van der Waals surface area contributed by atoms with Gasteiger partial charge in [0.15, 0.2) is 0 Å².